The Hall–Kier alpha value is -2.72. The van der Waals surface area contributed by atoms with Gasteiger partial charge in [0.2, 0.25) is 0 Å². The summed E-state index contributed by atoms with van der Waals surface area (Å²) < 4.78 is 43.3. The van der Waals surface area contributed by atoms with Gasteiger partial charge in [-0.2, -0.15) is 23.0 Å². The van der Waals surface area contributed by atoms with Gasteiger partial charge in [-0.15, -0.1) is 0 Å². The summed E-state index contributed by atoms with van der Waals surface area (Å²) in [5.74, 6) is 0. The molecule has 4 rings (SSSR count). The van der Waals surface area contributed by atoms with Crippen LogP contribution in [0.15, 0.2) is 46.8 Å². The molecule has 1 saturated carbocycles. The van der Waals surface area contributed by atoms with Gasteiger partial charge in [0, 0.05) is 24.3 Å². The third kappa shape index (κ3) is 5.44. The first-order valence-corrected chi connectivity index (χ1v) is 11.9. The highest BCUT2D eigenvalue weighted by Gasteiger charge is 2.32. The fraction of sp³-hybridized carbons (Fsp3) is 0.391. The third-order valence-electron chi connectivity index (χ3n) is 5.70. The second-order valence-corrected chi connectivity index (χ2v) is 9.11. The molecule has 0 spiro atoms. The summed E-state index contributed by atoms with van der Waals surface area (Å²) >= 11 is 1.62. The van der Waals surface area contributed by atoms with Crippen LogP contribution in [-0.2, 0) is 6.18 Å². The first-order chi connectivity index (χ1) is 15.7. The number of benzene rings is 1. The molecular formula is C23H26F3N5OS. The number of rotatable bonds is 6. The molecule has 0 amide bonds. The smallest absolute Gasteiger partial charge is 0.399 e. The molecule has 2 heterocycles. The average molecular weight is 478 g/mol. The van der Waals surface area contributed by atoms with Gasteiger partial charge in [0.05, 0.1) is 23.5 Å². The van der Waals surface area contributed by atoms with Gasteiger partial charge in [0.1, 0.15) is 5.69 Å². The first kappa shape index (κ1) is 23.4. The zero-order valence-electron chi connectivity index (χ0n) is 18.4. The van der Waals surface area contributed by atoms with E-state index in [1.54, 1.807) is 31.0 Å². The highest BCUT2D eigenvalue weighted by Crippen LogP contribution is 2.37. The molecule has 0 bridgehead atoms. The lowest BCUT2D eigenvalue weighted by Gasteiger charge is -2.25. The SMILES string of the molecule is CSN1CCC=C(n2nc(C(NC(C)c3cc(N)cc(C(F)(F)F)c3)=C3CC3)ccc2=O)C1. The fourth-order valence-electron chi connectivity index (χ4n) is 3.82. The van der Waals surface area contributed by atoms with E-state index < -0.39 is 17.8 Å². The van der Waals surface area contributed by atoms with Crippen molar-refractivity contribution < 1.29 is 13.2 Å². The fourth-order valence-corrected chi connectivity index (χ4v) is 4.37. The molecule has 2 aromatic rings. The van der Waals surface area contributed by atoms with Gasteiger partial charge in [0.25, 0.3) is 5.56 Å². The van der Waals surface area contributed by atoms with Crippen LogP contribution < -0.4 is 16.6 Å². The number of nitrogens with zero attached hydrogens (tertiary/aromatic N) is 3. The Labute approximate surface area is 194 Å². The van der Waals surface area contributed by atoms with Crippen LogP contribution in [0, 0.1) is 0 Å². The number of anilines is 1. The van der Waals surface area contributed by atoms with Crippen LogP contribution in [0.2, 0.25) is 0 Å². The van der Waals surface area contributed by atoms with Crippen LogP contribution in [0.1, 0.15) is 49.0 Å². The molecule has 0 radical (unpaired) electrons. The van der Waals surface area contributed by atoms with Gasteiger partial charge < -0.3 is 11.1 Å². The van der Waals surface area contributed by atoms with E-state index in [1.165, 1.54) is 10.7 Å². The zero-order valence-corrected chi connectivity index (χ0v) is 19.3. The quantitative estimate of drug-likeness (QED) is 0.471. The lowest BCUT2D eigenvalue weighted by Crippen LogP contribution is -2.31. The highest BCUT2D eigenvalue weighted by molar-refractivity contribution is 7.96. The minimum absolute atomic E-state index is 0.0587. The Balaban J connectivity index is 1.64. The summed E-state index contributed by atoms with van der Waals surface area (Å²) in [6.07, 6.45) is 2.13. The zero-order chi connectivity index (χ0) is 23.8. The number of nitrogens with one attached hydrogen (secondary N) is 1. The molecule has 176 valence electrons. The molecule has 1 aliphatic heterocycles. The van der Waals surface area contributed by atoms with Crippen LogP contribution in [0.4, 0.5) is 18.9 Å². The van der Waals surface area contributed by atoms with Crippen LogP contribution in [0.5, 0.6) is 0 Å². The number of allylic oxidation sites excluding steroid dienone is 1. The van der Waals surface area contributed by atoms with Gasteiger partial charge in [-0.3, -0.25) is 4.79 Å². The van der Waals surface area contributed by atoms with Crippen LogP contribution in [-0.4, -0.2) is 33.4 Å². The van der Waals surface area contributed by atoms with E-state index in [2.05, 4.69) is 14.7 Å². The van der Waals surface area contributed by atoms with E-state index in [4.69, 9.17) is 5.73 Å². The summed E-state index contributed by atoms with van der Waals surface area (Å²) in [4.78, 5) is 12.6. The van der Waals surface area contributed by atoms with Crippen molar-refractivity contribution in [3.63, 3.8) is 0 Å². The topological polar surface area (TPSA) is 76.2 Å². The molecule has 3 N–H and O–H groups in total. The van der Waals surface area contributed by atoms with E-state index in [1.807, 2.05) is 12.3 Å². The number of aromatic nitrogens is 2. The molecule has 1 unspecified atom stereocenters. The summed E-state index contributed by atoms with van der Waals surface area (Å²) in [6.45, 7) is 3.30. The molecule has 1 aromatic carbocycles. The maximum Gasteiger partial charge on any atom is 0.416 e. The Bertz CT molecular complexity index is 1170. The van der Waals surface area contributed by atoms with Gasteiger partial charge >= 0.3 is 6.18 Å². The average Bonchev–Trinajstić information content (AvgIpc) is 3.62. The molecule has 33 heavy (non-hydrogen) atoms. The Morgan fingerprint density at radius 2 is 2.00 bits per heavy atom. The molecule has 1 aliphatic carbocycles. The maximum atomic E-state index is 13.3. The predicted octanol–water partition coefficient (Wildman–Crippen LogP) is 4.52. The number of nitrogens with two attached hydrogens (primary N) is 1. The predicted molar refractivity (Wildman–Crippen MR) is 126 cm³/mol. The van der Waals surface area contributed by atoms with Gasteiger partial charge in [-0.05, 0) is 67.8 Å². The largest absolute Gasteiger partial charge is 0.416 e. The van der Waals surface area contributed by atoms with E-state index in [0.29, 0.717) is 17.8 Å². The first-order valence-electron chi connectivity index (χ1n) is 10.7. The second kappa shape index (κ2) is 9.26. The number of halogens is 3. The minimum atomic E-state index is -4.48. The van der Waals surface area contributed by atoms with Gasteiger partial charge in [0.15, 0.2) is 0 Å². The molecule has 6 nitrogen and oxygen atoms in total. The summed E-state index contributed by atoms with van der Waals surface area (Å²) in [5, 5.41) is 7.95. The van der Waals surface area contributed by atoms with E-state index >= 15 is 0 Å². The summed E-state index contributed by atoms with van der Waals surface area (Å²) in [6, 6.07) is 6.29. The van der Waals surface area contributed by atoms with Crippen LogP contribution in [0.25, 0.3) is 11.4 Å². The van der Waals surface area contributed by atoms with Gasteiger partial charge in [-0.1, -0.05) is 18.0 Å². The standard InChI is InChI=1S/C23H26F3N5OS/c1-14(16-10-17(23(24,25)26)12-18(27)11-16)28-22(15-5-6-15)20-7-8-21(32)31(29-20)19-4-3-9-30(13-19)33-2/h4,7-8,10-12,14,28H,3,5-6,9,13,27H2,1-2H3. The van der Waals surface area contributed by atoms with Gasteiger partial charge in [-0.25, -0.2) is 4.31 Å². The lowest BCUT2D eigenvalue weighted by atomic mass is 10.0. The number of nitrogen functional groups attached to an aromatic ring is 1. The van der Waals surface area contributed by atoms with Crippen molar-refractivity contribution in [3.8, 4) is 0 Å². The lowest BCUT2D eigenvalue weighted by molar-refractivity contribution is -0.137. The Morgan fingerprint density at radius 1 is 1.24 bits per heavy atom. The van der Waals surface area contributed by atoms with E-state index in [0.717, 1.165) is 54.9 Å². The van der Waals surface area contributed by atoms with Crippen molar-refractivity contribution in [3.05, 3.63) is 69.2 Å². The molecule has 2 aliphatic rings. The van der Waals surface area contributed by atoms with Crippen LogP contribution >= 0.6 is 11.9 Å². The van der Waals surface area contributed by atoms with E-state index in [-0.39, 0.29) is 11.2 Å². The normalized spacial score (nSPS) is 17.5. The molecule has 1 fully saturated rings. The van der Waals surface area contributed by atoms with E-state index in [9.17, 15) is 18.0 Å². The van der Waals surface area contributed by atoms with Crippen molar-refractivity contribution >= 4 is 29.0 Å². The molecule has 1 aromatic heterocycles. The van der Waals surface area contributed by atoms with Crippen molar-refractivity contribution in [1.29, 1.82) is 0 Å². The summed E-state index contributed by atoms with van der Waals surface area (Å²) in [5.41, 5.74) is 8.54. The van der Waals surface area contributed by atoms with Crippen molar-refractivity contribution in [2.45, 2.75) is 38.4 Å². The second-order valence-electron chi connectivity index (χ2n) is 8.23. The molecule has 1 atom stereocenters. The summed E-state index contributed by atoms with van der Waals surface area (Å²) in [7, 11) is 0. The molecule has 0 saturated heterocycles. The van der Waals surface area contributed by atoms with Crippen molar-refractivity contribution in [1.82, 2.24) is 19.4 Å². The highest BCUT2D eigenvalue weighted by atomic mass is 32.2. The Morgan fingerprint density at radius 3 is 2.67 bits per heavy atom. The Kier molecular flexibility index (Phi) is 6.58. The molecule has 10 heteroatoms. The number of hydrogen-bond acceptors (Lipinski definition) is 6. The van der Waals surface area contributed by atoms with Crippen molar-refractivity contribution in [2.24, 2.45) is 0 Å². The van der Waals surface area contributed by atoms with Crippen molar-refractivity contribution in [2.75, 3.05) is 25.1 Å². The monoisotopic (exact) mass is 477 g/mol. The number of alkyl halides is 3. The number of hydrogen-bond donors (Lipinski definition) is 2. The molecular weight excluding hydrogens is 451 g/mol. The minimum Gasteiger partial charge on any atom is -0.399 e. The third-order valence-corrected chi connectivity index (χ3v) is 6.53. The van der Waals surface area contributed by atoms with Crippen LogP contribution in [0.3, 0.4) is 0 Å². The maximum absolute atomic E-state index is 13.3.